The normalized spacial score (nSPS) is 12.8. The molecule has 126 valence electrons. The van der Waals surface area contributed by atoms with E-state index in [1.807, 2.05) is 38.2 Å². The Kier molecular flexibility index (Phi) is 3.92. The van der Waals surface area contributed by atoms with E-state index in [4.69, 9.17) is 5.73 Å². The molecular formula is C19H19F3N2. The molecule has 0 unspecified atom stereocenters. The van der Waals surface area contributed by atoms with E-state index >= 15 is 0 Å². The summed E-state index contributed by atoms with van der Waals surface area (Å²) in [5, 5.41) is 0.989. The van der Waals surface area contributed by atoms with Crippen molar-refractivity contribution in [3.05, 3.63) is 59.8 Å². The van der Waals surface area contributed by atoms with Crippen molar-refractivity contribution >= 4 is 10.9 Å². The number of hydrogen-bond donors (Lipinski definition) is 2. The van der Waals surface area contributed by atoms with Crippen molar-refractivity contribution in [1.82, 2.24) is 4.98 Å². The van der Waals surface area contributed by atoms with Crippen LogP contribution in [0.4, 0.5) is 13.2 Å². The van der Waals surface area contributed by atoms with Crippen LogP contribution < -0.4 is 5.73 Å². The minimum absolute atomic E-state index is 0.360. The summed E-state index contributed by atoms with van der Waals surface area (Å²) in [6.45, 7) is 3.89. The van der Waals surface area contributed by atoms with Gasteiger partial charge in [0.25, 0.3) is 0 Å². The fourth-order valence-corrected chi connectivity index (χ4v) is 2.95. The third kappa shape index (κ3) is 3.31. The first-order valence-electron chi connectivity index (χ1n) is 7.71. The van der Waals surface area contributed by atoms with Crippen molar-refractivity contribution in [3.63, 3.8) is 0 Å². The van der Waals surface area contributed by atoms with Crippen molar-refractivity contribution in [2.24, 2.45) is 5.73 Å². The highest BCUT2D eigenvalue weighted by Crippen LogP contribution is 2.35. The van der Waals surface area contributed by atoms with Gasteiger partial charge in [-0.05, 0) is 43.5 Å². The minimum atomic E-state index is -4.35. The Balaban J connectivity index is 2.11. The largest absolute Gasteiger partial charge is 0.416 e. The first kappa shape index (κ1) is 16.6. The third-order valence-corrected chi connectivity index (χ3v) is 3.95. The summed E-state index contributed by atoms with van der Waals surface area (Å²) in [5.41, 5.74) is 8.27. The van der Waals surface area contributed by atoms with E-state index in [0.29, 0.717) is 12.0 Å². The van der Waals surface area contributed by atoms with E-state index in [0.717, 1.165) is 28.1 Å². The SMILES string of the molecule is CC(C)(N)Cc1c[nH]c2c(-c3cccc(C(F)(F)F)c3)cccc12. The van der Waals surface area contributed by atoms with Crippen molar-refractivity contribution in [3.8, 4) is 11.1 Å². The van der Waals surface area contributed by atoms with Gasteiger partial charge in [-0.15, -0.1) is 0 Å². The van der Waals surface area contributed by atoms with Gasteiger partial charge in [-0.3, -0.25) is 0 Å². The van der Waals surface area contributed by atoms with Crippen LogP contribution in [0.5, 0.6) is 0 Å². The van der Waals surface area contributed by atoms with Crippen LogP contribution in [0.3, 0.4) is 0 Å². The molecule has 1 heterocycles. The Morgan fingerprint density at radius 1 is 1.04 bits per heavy atom. The molecular weight excluding hydrogens is 313 g/mol. The quantitative estimate of drug-likeness (QED) is 0.685. The number of aromatic amines is 1. The number of para-hydroxylation sites is 1. The standard InChI is InChI=1S/C19H19F3N2/c1-18(2,23)10-13-11-24-17-15(7-4-8-16(13)17)12-5-3-6-14(9-12)19(20,21)22/h3-9,11,24H,10,23H2,1-2H3. The highest BCUT2D eigenvalue weighted by Gasteiger charge is 2.30. The number of nitrogens with one attached hydrogen (secondary N) is 1. The van der Waals surface area contributed by atoms with Crippen molar-refractivity contribution in [2.45, 2.75) is 32.0 Å². The maximum absolute atomic E-state index is 13.0. The molecule has 3 rings (SSSR count). The lowest BCUT2D eigenvalue weighted by Crippen LogP contribution is -2.34. The molecule has 0 fully saturated rings. The summed E-state index contributed by atoms with van der Waals surface area (Å²) >= 11 is 0. The molecule has 3 N–H and O–H groups in total. The fourth-order valence-electron chi connectivity index (χ4n) is 2.95. The van der Waals surface area contributed by atoms with Crippen LogP contribution in [-0.2, 0) is 12.6 Å². The van der Waals surface area contributed by atoms with Crippen LogP contribution in [0, 0.1) is 0 Å². The van der Waals surface area contributed by atoms with E-state index < -0.39 is 11.7 Å². The van der Waals surface area contributed by atoms with Gasteiger partial charge < -0.3 is 10.7 Å². The maximum Gasteiger partial charge on any atom is 0.416 e. The molecule has 0 saturated heterocycles. The van der Waals surface area contributed by atoms with Gasteiger partial charge in [-0.2, -0.15) is 13.2 Å². The molecule has 24 heavy (non-hydrogen) atoms. The van der Waals surface area contributed by atoms with Crippen LogP contribution in [-0.4, -0.2) is 10.5 Å². The number of H-pyrrole nitrogens is 1. The smallest absolute Gasteiger partial charge is 0.360 e. The second-order valence-electron chi connectivity index (χ2n) is 6.79. The monoisotopic (exact) mass is 332 g/mol. The van der Waals surface area contributed by atoms with Crippen LogP contribution in [0.15, 0.2) is 48.7 Å². The third-order valence-electron chi connectivity index (χ3n) is 3.95. The maximum atomic E-state index is 13.0. The number of nitrogens with two attached hydrogens (primary N) is 1. The number of fused-ring (bicyclic) bond motifs is 1. The van der Waals surface area contributed by atoms with Gasteiger partial charge in [0, 0.05) is 22.7 Å². The fraction of sp³-hybridized carbons (Fsp3) is 0.263. The Morgan fingerprint density at radius 3 is 2.42 bits per heavy atom. The first-order chi connectivity index (χ1) is 11.1. The molecule has 3 aromatic rings. The van der Waals surface area contributed by atoms with Crippen LogP contribution in [0.2, 0.25) is 0 Å². The topological polar surface area (TPSA) is 41.8 Å². The zero-order valence-corrected chi connectivity index (χ0v) is 13.5. The number of aromatic nitrogens is 1. The molecule has 0 aliphatic carbocycles. The van der Waals surface area contributed by atoms with E-state index in [9.17, 15) is 13.2 Å². The van der Waals surface area contributed by atoms with E-state index in [2.05, 4.69) is 4.98 Å². The Hall–Kier alpha value is -2.27. The molecule has 2 aromatic carbocycles. The number of rotatable bonds is 3. The molecule has 2 nitrogen and oxygen atoms in total. The number of alkyl halides is 3. The summed E-state index contributed by atoms with van der Waals surface area (Å²) in [6, 6.07) is 11.0. The summed E-state index contributed by atoms with van der Waals surface area (Å²) in [4.78, 5) is 3.20. The second-order valence-corrected chi connectivity index (χ2v) is 6.79. The van der Waals surface area contributed by atoms with Gasteiger partial charge in [0.15, 0.2) is 0 Å². The highest BCUT2D eigenvalue weighted by molar-refractivity contribution is 5.96. The van der Waals surface area contributed by atoms with Gasteiger partial charge >= 0.3 is 6.18 Å². The summed E-state index contributed by atoms with van der Waals surface area (Å²) in [5.74, 6) is 0. The lowest BCUT2D eigenvalue weighted by molar-refractivity contribution is -0.137. The van der Waals surface area contributed by atoms with Crippen LogP contribution in [0.25, 0.3) is 22.0 Å². The molecule has 1 aromatic heterocycles. The minimum Gasteiger partial charge on any atom is -0.360 e. The van der Waals surface area contributed by atoms with Crippen molar-refractivity contribution < 1.29 is 13.2 Å². The lowest BCUT2D eigenvalue weighted by Gasteiger charge is -2.17. The molecule has 0 bridgehead atoms. The van der Waals surface area contributed by atoms with Gasteiger partial charge in [-0.1, -0.05) is 30.3 Å². The van der Waals surface area contributed by atoms with E-state index in [1.54, 1.807) is 6.07 Å². The molecule has 0 atom stereocenters. The summed E-state index contributed by atoms with van der Waals surface area (Å²) in [7, 11) is 0. The predicted octanol–water partition coefficient (Wildman–Crippen LogP) is 5.13. The molecule has 0 spiro atoms. The van der Waals surface area contributed by atoms with Crippen molar-refractivity contribution in [2.75, 3.05) is 0 Å². The first-order valence-corrected chi connectivity index (χ1v) is 7.71. The molecule has 0 saturated carbocycles. The lowest BCUT2D eigenvalue weighted by atomic mass is 9.94. The predicted molar refractivity (Wildman–Crippen MR) is 90.7 cm³/mol. The number of hydrogen-bond acceptors (Lipinski definition) is 1. The van der Waals surface area contributed by atoms with Gasteiger partial charge in [0.2, 0.25) is 0 Å². The van der Waals surface area contributed by atoms with Crippen LogP contribution >= 0.6 is 0 Å². The summed E-state index contributed by atoms with van der Waals surface area (Å²) in [6.07, 6.45) is -1.79. The highest BCUT2D eigenvalue weighted by atomic mass is 19.4. The van der Waals surface area contributed by atoms with Crippen molar-refractivity contribution in [1.29, 1.82) is 0 Å². The molecule has 0 radical (unpaired) electrons. The number of halogens is 3. The van der Waals surface area contributed by atoms with E-state index in [1.165, 1.54) is 12.1 Å². The zero-order valence-electron chi connectivity index (χ0n) is 13.5. The Morgan fingerprint density at radius 2 is 1.75 bits per heavy atom. The van der Waals surface area contributed by atoms with Gasteiger partial charge in [-0.25, -0.2) is 0 Å². The van der Waals surface area contributed by atoms with Crippen LogP contribution in [0.1, 0.15) is 25.0 Å². The summed E-state index contributed by atoms with van der Waals surface area (Å²) < 4.78 is 38.9. The Labute approximate surface area is 138 Å². The molecule has 0 aliphatic heterocycles. The average Bonchev–Trinajstić information content (AvgIpc) is 2.88. The second kappa shape index (κ2) is 5.67. The van der Waals surface area contributed by atoms with Gasteiger partial charge in [0.05, 0.1) is 11.1 Å². The molecule has 5 heteroatoms. The zero-order chi connectivity index (χ0) is 17.5. The Bertz CT molecular complexity index is 870. The van der Waals surface area contributed by atoms with E-state index in [-0.39, 0.29) is 5.54 Å². The molecule has 0 amide bonds. The van der Waals surface area contributed by atoms with Gasteiger partial charge in [0.1, 0.15) is 0 Å². The molecule has 0 aliphatic rings. The average molecular weight is 332 g/mol. The number of benzene rings is 2.